The van der Waals surface area contributed by atoms with Gasteiger partial charge in [0.15, 0.2) is 0 Å². The number of nitro groups is 1. The van der Waals surface area contributed by atoms with E-state index in [4.69, 9.17) is 0 Å². The van der Waals surface area contributed by atoms with Gasteiger partial charge in [-0.05, 0) is 38.1 Å². The maximum Gasteiger partial charge on any atom is 0.273 e. The molecule has 0 aliphatic carbocycles. The number of hydrogen-bond donors (Lipinski definition) is 1. The van der Waals surface area contributed by atoms with Gasteiger partial charge < -0.3 is 0 Å². The Labute approximate surface area is 172 Å². The molecule has 2 aromatic heterocycles. The molecule has 0 saturated heterocycles. The minimum absolute atomic E-state index is 0.175. The Morgan fingerprint density at radius 1 is 1.03 bits per heavy atom. The van der Waals surface area contributed by atoms with Crippen LogP contribution in [0.2, 0.25) is 0 Å². The highest BCUT2D eigenvalue weighted by Crippen LogP contribution is 2.25. The number of imidazole rings is 1. The predicted octanol–water partition coefficient (Wildman–Crippen LogP) is 3.72. The number of hydrogen-bond acceptors (Lipinski definition) is 6. The number of aryl methyl sites for hydroxylation is 2. The summed E-state index contributed by atoms with van der Waals surface area (Å²) in [5, 5.41) is 11.1. The Kier molecular flexibility index (Phi) is 4.70. The molecule has 0 spiro atoms. The first kappa shape index (κ1) is 19.5. The van der Waals surface area contributed by atoms with E-state index < -0.39 is 14.9 Å². The zero-order chi connectivity index (χ0) is 21.5. The Morgan fingerprint density at radius 3 is 2.47 bits per heavy atom. The van der Waals surface area contributed by atoms with Crippen molar-refractivity contribution in [3.63, 3.8) is 0 Å². The molecule has 0 aliphatic heterocycles. The van der Waals surface area contributed by atoms with Gasteiger partial charge >= 0.3 is 0 Å². The Hall–Kier alpha value is -3.79. The Bertz CT molecular complexity index is 1380. The molecule has 30 heavy (non-hydrogen) atoms. The monoisotopic (exact) mass is 423 g/mol. The third kappa shape index (κ3) is 3.72. The summed E-state index contributed by atoms with van der Waals surface area (Å²) in [6, 6.07) is 12.4. The van der Waals surface area contributed by atoms with Crippen LogP contribution in [0.1, 0.15) is 11.3 Å². The fourth-order valence-electron chi connectivity index (χ4n) is 2.97. The molecular weight excluding hydrogens is 406 g/mol. The van der Waals surface area contributed by atoms with Gasteiger partial charge in [0.25, 0.3) is 15.7 Å². The van der Waals surface area contributed by atoms with Crippen molar-refractivity contribution in [1.82, 2.24) is 14.4 Å². The molecule has 10 heteroatoms. The van der Waals surface area contributed by atoms with Gasteiger partial charge in [-0.25, -0.2) is 18.4 Å². The molecule has 0 saturated carbocycles. The van der Waals surface area contributed by atoms with Crippen molar-refractivity contribution in [3.8, 4) is 11.3 Å². The van der Waals surface area contributed by atoms with Crippen molar-refractivity contribution in [2.75, 3.05) is 4.72 Å². The molecule has 0 radical (unpaired) electrons. The van der Waals surface area contributed by atoms with Gasteiger partial charge in [0, 0.05) is 41.0 Å². The molecule has 0 bridgehead atoms. The number of rotatable bonds is 5. The summed E-state index contributed by atoms with van der Waals surface area (Å²) in [6.07, 6.45) is 3.71. The highest BCUT2D eigenvalue weighted by atomic mass is 32.2. The van der Waals surface area contributed by atoms with Crippen LogP contribution in [0.5, 0.6) is 0 Å². The summed E-state index contributed by atoms with van der Waals surface area (Å²) < 4.78 is 29.5. The van der Waals surface area contributed by atoms with E-state index in [2.05, 4.69) is 14.7 Å². The van der Waals surface area contributed by atoms with E-state index in [9.17, 15) is 18.5 Å². The average molecular weight is 423 g/mol. The highest BCUT2D eigenvalue weighted by Gasteiger charge is 2.20. The van der Waals surface area contributed by atoms with Crippen LogP contribution in [0.4, 0.5) is 11.4 Å². The molecule has 1 N–H and O–H groups in total. The smallest absolute Gasteiger partial charge is 0.273 e. The largest absolute Gasteiger partial charge is 0.291 e. The minimum atomic E-state index is -3.97. The summed E-state index contributed by atoms with van der Waals surface area (Å²) in [4.78, 5) is 19.2. The second-order valence-electron chi connectivity index (χ2n) is 6.79. The van der Waals surface area contributed by atoms with E-state index in [1.807, 2.05) is 29.8 Å². The van der Waals surface area contributed by atoms with E-state index >= 15 is 0 Å². The Morgan fingerprint density at radius 2 is 1.77 bits per heavy atom. The number of anilines is 1. The zero-order valence-electron chi connectivity index (χ0n) is 16.1. The fraction of sp³-hybridized carbons (Fsp3) is 0.100. The number of fused-ring (bicyclic) bond motifs is 1. The van der Waals surface area contributed by atoms with E-state index in [1.54, 1.807) is 31.2 Å². The quantitative estimate of drug-likeness (QED) is 0.386. The van der Waals surface area contributed by atoms with E-state index in [0.717, 1.165) is 17.3 Å². The van der Waals surface area contributed by atoms with Gasteiger partial charge in [-0.2, -0.15) is 0 Å². The topological polar surface area (TPSA) is 120 Å². The second kappa shape index (κ2) is 7.23. The van der Waals surface area contributed by atoms with Crippen molar-refractivity contribution in [2.24, 2.45) is 0 Å². The summed E-state index contributed by atoms with van der Waals surface area (Å²) in [5.74, 6) is 0.579. The molecule has 0 unspecified atom stereocenters. The van der Waals surface area contributed by atoms with Gasteiger partial charge in [-0.1, -0.05) is 18.2 Å². The lowest BCUT2D eigenvalue weighted by molar-refractivity contribution is -0.385. The van der Waals surface area contributed by atoms with Crippen molar-refractivity contribution in [2.45, 2.75) is 18.7 Å². The lowest BCUT2D eigenvalue weighted by Crippen LogP contribution is -2.13. The first-order valence-corrected chi connectivity index (χ1v) is 10.4. The maximum atomic E-state index is 12.6. The fourth-order valence-corrected chi connectivity index (χ4v) is 4.05. The zero-order valence-corrected chi connectivity index (χ0v) is 16.9. The van der Waals surface area contributed by atoms with Gasteiger partial charge in [0.05, 0.1) is 15.5 Å². The molecule has 0 amide bonds. The number of sulfonamides is 1. The molecule has 9 nitrogen and oxygen atoms in total. The molecular formula is C20H17N5O4S. The van der Waals surface area contributed by atoms with Gasteiger partial charge in [0.1, 0.15) is 0 Å². The van der Waals surface area contributed by atoms with E-state index in [-0.39, 0.29) is 10.6 Å². The van der Waals surface area contributed by atoms with Crippen molar-refractivity contribution >= 4 is 27.2 Å². The number of benzene rings is 2. The minimum Gasteiger partial charge on any atom is -0.291 e. The summed E-state index contributed by atoms with van der Waals surface area (Å²) >= 11 is 0. The van der Waals surface area contributed by atoms with Crippen LogP contribution in [0.25, 0.3) is 17.0 Å². The molecule has 4 rings (SSSR count). The number of nitrogens with one attached hydrogen (secondary N) is 1. The van der Waals surface area contributed by atoms with Crippen molar-refractivity contribution in [1.29, 1.82) is 0 Å². The molecule has 0 fully saturated rings. The van der Waals surface area contributed by atoms with E-state index in [0.29, 0.717) is 22.7 Å². The van der Waals surface area contributed by atoms with Crippen LogP contribution in [-0.4, -0.2) is 27.7 Å². The average Bonchev–Trinajstić information content (AvgIpc) is 3.11. The van der Waals surface area contributed by atoms with Crippen LogP contribution in [0, 0.1) is 24.0 Å². The van der Waals surface area contributed by atoms with Gasteiger partial charge in [-0.15, -0.1) is 0 Å². The molecule has 0 atom stereocenters. The first-order valence-electron chi connectivity index (χ1n) is 8.93. The van der Waals surface area contributed by atoms with Crippen LogP contribution < -0.4 is 4.72 Å². The highest BCUT2D eigenvalue weighted by molar-refractivity contribution is 7.92. The number of nitro benzene ring substituents is 1. The summed E-state index contributed by atoms with van der Waals surface area (Å²) in [6.45, 7) is 3.44. The normalized spacial score (nSPS) is 11.5. The first-order chi connectivity index (χ1) is 14.2. The van der Waals surface area contributed by atoms with Crippen LogP contribution >= 0.6 is 0 Å². The molecule has 4 aromatic rings. The van der Waals surface area contributed by atoms with E-state index in [1.165, 1.54) is 12.1 Å². The molecule has 2 heterocycles. The Balaban J connectivity index is 1.59. The van der Waals surface area contributed by atoms with Crippen molar-refractivity contribution in [3.05, 3.63) is 82.3 Å². The maximum absolute atomic E-state index is 12.6. The van der Waals surface area contributed by atoms with Gasteiger partial charge in [0.2, 0.25) is 5.78 Å². The van der Waals surface area contributed by atoms with Crippen molar-refractivity contribution < 1.29 is 13.3 Å². The molecule has 2 aromatic carbocycles. The predicted molar refractivity (Wildman–Crippen MR) is 112 cm³/mol. The summed E-state index contributed by atoms with van der Waals surface area (Å²) in [7, 11) is -3.97. The third-order valence-corrected chi connectivity index (χ3v) is 5.96. The standard InChI is InChI=1S/C20H17N5O4S/c1-13-3-8-17(11-19(13)25(26)27)30(28,29)23-16-6-4-15(5-7-16)18-12-24-10-9-14(2)21-20(24)22-18/h3-12,23H,1-2H3. The van der Waals surface area contributed by atoms with Crippen LogP contribution in [0.15, 0.2) is 65.8 Å². The number of aromatic nitrogens is 3. The van der Waals surface area contributed by atoms with Crippen LogP contribution in [0.3, 0.4) is 0 Å². The third-order valence-electron chi connectivity index (χ3n) is 4.59. The number of nitrogens with zero attached hydrogens (tertiary/aromatic N) is 4. The molecule has 152 valence electrons. The summed E-state index contributed by atoms with van der Waals surface area (Å²) in [5.41, 5.74) is 2.84. The van der Waals surface area contributed by atoms with Gasteiger partial charge in [-0.3, -0.25) is 19.2 Å². The lowest BCUT2D eigenvalue weighted by Gasteiger charge is -2.09. The second-order valence-corrected chi connectivity index (χ2v) is 8.47. The lowest BCUT2D eigenvalue weighted by atomic mass is 10.1. The van der Waals surface area contributed by atoms with Crippen LogP contribution in [-0.2, 0) is 10.0 Å². The molecule has 0 aliphatic rings. The SMILES string of the molecule is Cc1ccn2cc(-c3ccc(NS(=O)(=O)c4ccc(C)c([N+](=O)[O-])c4)cc3)nc2n1.